The van der Waals surface area contributed by atoms with Crippen LogP contribution in [0.5, 0.6) is 0 Å². The highest BCUT2D eigenvalue weighted by Gasteiger charge is 2.38. The second kappa shape index (κ2) is 12.1. The number of hydrogen-bond acceptors (Lipinski definition) is 4. The second-order valence-electron chi connectivity index (χ2n) is 10.9. The number of rotatable bonds is 0. The van der Waals surface area contributed by atoms with Gasteiger partial charge in [-0.05, 0) is 59.0 Å². The van der Waals surface area contributed by atoms with Gasteiger partial charge in [0.2, 0.25) is 11.4 Å². The molecule has 0 N–H and O–H groups in total. The van der Waals surface area contributed by atoms with E-state index in [4.69, 9.17) is 19.8 Å². The summed E-state index contributed by atoms with van der Waals surface area (Å²) in [5.74, 6) is -6.01. The number of carboxylic acids is 2. The Morgan fingerprint density at radius 2 is 0.935 bits per heavy atom. The van der Waals surface area contributed by atoms with E-state index in [2.05, 4.69) is 96.0 Å². The summed E-state index contributed by atoms with van der Waals surface area (Å²) >= 11 is 0. The second-order valence-corrected chi connectivity index (χ2v) is 10.9. The van der Waals surface area contributed by atoms with E-state index in [-0.39, 0.29) is 0 Å². The molecule has 0 spiro atoms. The number of fused-ring (bicyclic) bond motifs is 11. The lowest BCUT2D eigenvalue weighted by molar-refractivity contribution is -0.688. The van der Waals surface area contributed by atoms with Crippen LogP contribution in [0.4, 0.5) is 26.3 Å². The number of aryl methyl sites for hydroxylation is 2. The van der Waals surface area contributed by atoms with Crippen LogP contribution in [0.1, 0.15) is 22.3 Å². The number of aromatic nitrogens is 2. The maximum absolute atomic E-state index is 10.5. The standard InChI is InChI=1S/C30H26N2.2C2HF3O2/c1-19-20(2)24-14-18-32-16-12-22-8-4-6-10-26(22)30(32)28(24)27-23(19)13-17-31-15-11-21-7-3-5-9-25(21)29(27)31;2*3-2(4,5)1(6)7/h3-12,15-16H,13-14,17-18H2,1-2H3;2*(H,6,7)/q+2;;/p-2. The maximum Gasteiger partial charge on any atom is 0.430 e. The molecule has 0 unspecified atom stereocenters. The van der Waals surface area contributed by atoms with E-state index >= 15 is 0 Å². The molecule has 46 heavy (non-hydrogen) atoms. The summed E-state index contributed by atoms with van der Waals surface area (Å²) in [5.41, 5.74) is 11.8. The lowest BCUT2D eigenvalue weighted by atomic mass is 9.78. The highest BCUT2D eigenvalue weighted by molar-refractivity contribution is 6.03. The zero-order chi connectivity index (χ0) is 33.6. The molecule has 5 aromatic rings. The fraction of sp³-hybridized carbons (Fsp3) is 0.235. The summed E-state index contributed by atoms with van der Waals surface area (Å²) in [6.07, 6.45) is -3.61. The van der Waals surface area contributed by atoms with Gasteiger partial charge in [0, 0.05) is 25.0 Å². The van der Waals surface area contributed by atoms with E-state index < -0.39 is 24.3 Å². The third kappa shape index (κ3) is 5.99. The summed E-state index contributed by atoms with van der Waals surface area (Å²) in [4.78, 5) is 17.6. The van der Waals surface area contributed by atoms with Gasteiger partial charge in [0.05, 0.1) is 21.9 Å². The molecule has 0 saturated carbocycles. The number of alkyl halides is 6. The number of aliphatic carboxylic acids is 2. The van der Waals surface area contributed by atoms with Crippen LogP contribution < -0.4 is 19.3 Å². The number of pyridine rings is 2. The topological polar surface area (TPSA) is 88.0 Å². The third-order valence-electron chi connectivity index (χ3n) is 8.34. The Labute approximate surface area is 258 Å². The molecule has 2 aromatic heterocycles. The van der Waals surface area contributed by atoms with Gasteiger partial charge in [-0.2, -0.15) is 35.5 Å². The van der Waals surface area contributed by atoms with E-state index in [1.807, 2.05) is 0 Å². The smallest absolute Gasteiger partial charge is 0.430 e. The largest absolute Gasteiger partial charge is 0.542 e. The van der Waals surface area contributed by atoms with Crippen molar-refractivity contribution in [2.75, 3.05) is 0 Å². The quantitative estimate of drug-likeness (QED) is 0.187. The molecule has 0 amide bonds. The molecule has 3 aromatic carbocycles. The molecule has 0 aliphatic carbocycles. The molecular formula is C34H26F6N2O4. The first-order chi connectivity index (χ1) is 21.6. The monoisotopic (exact) mass is 640 g/mol. The van der Waals surface area contributed by atoms with Gasteiger partial charge in [-0.15, -0.1) is 0 Å². The van der Waals surface area contributed by atoms with E-state index in [9.17, 15) is 26.3 Å². The number of halogens is 6. The summed E-state index contributed by atoms with van der Waals surface area (Å²) in [7, 11) is 0. The van der Waals surface area contributed by atoms with E-state index in [0.29, 0.717) is 0 Å². The van der Waals surface area contributed by atoms with Crippen molar-refractivity contribution in [3.63, 3.8) is 0 Å². The summed E-state index contributed by atoms with van der Waals surface area (Å²) in [5, 5.41) is 22.9. The molecule has 0 radical (unpaired) electrons. The van der Waals surface area contributed by atoms with Crippen molar-refractivity contribution < 1.29 is 55.3 Å². The van der Waals surface area contributed by atoms with Crippen LogP contribution in [0.25, 0.3) is 44.1 Å². The number of nitrogens with zero attached hydrogens (tertiary/aromatic N) is 2. The fourth-order valence-corrected chi connectivity index (χ4v) is 6.19. The number of carbonyl (C=O) groups is 2. The Balaban J connectivity index is 0.000000252. The van der Waals surface area contributed by atoms with Gasteiger partial charge in [-0.3, -0.25) is 0 Å². The van der Waals surface area contributed by atoms with Gasteiger partial charge in [0.15, 0.2) is 25.5 Å². The van der Waals surface area contributed by atoms with Gasteiger partial charge in [-0.25, -0.2) is 0 Å². The Morgan fingerprint density at radius 3 is 1.26 bits per heavy atom. The van der Waals surface area contributed by atoms with Crippen molar-refractivity contribution in [3.05, 3.63) is 95.3 Å². The van der Waals surface area contributed by atoms with Crippen molar-refractivity contribution in [1.29, 1.82) is 0 Å². The summed E-state index contributed by atoms with van der Waals surface area (Å²) in [6.45, 7) is 6.78. The Morgan fingerprint density at radius 1 is 0.609 bits per heavy atom. The minimum atomic E-state index is -5.19. The van der Waals surface area contributed by atoms with Crippen molar-refractivity contribution in [1.82, 2.24) is 0 Å². The Kier molecular flexibility index (Phi) is 8.50. The van der Waals surface area contributed by atoms with Gasteiger partial charge in [-0.1, -0.05) is 36.4 Å². The lowest BCUT2D eigenvalue weighted by Gasteiger charge is -2.27. The number of carbonyl (C=O) groups excluding carboxylic acids is 2. The SMILES string of the molecule is Cc1c(C)c2c(c3c1CC[n+]1ccc4ccccc4c1-3)-c1c3ccccc3cc[n+]1CC2.O=C([O-])C(F)(F)F.O=C([O-])C(F)(F)F. The first-order valence-electron chi connectivity index (χ1n) is 14.2. The third-order valence-corrected chi connectivity index (χ3v) is 8.34. The molecule has 0 bridgehead atoms. The minimum Gasteiger partial charge on any atom is -0.542 e. The molecule has 6 nitrogen and oxygen atoms in total. The van der Waals surface area contributed by atoms with Crippen LogP contribution in [0.15, 0.2) is 73.1 Å². The maximum atomic E-state index is 10.5. The van der Waals surface area contributed by atoms with Gasteiger partial charge in [0.25, 0.3) is 0 Å². The van der Waals surface area contributed by atoms with Crippen molar-refractivity contribution >= 4 is 33.5 Å². The fourth-order valence-electron chi connectivity index (χ4n) is 6.19. The highest BCUT2D eigenvalue weighted by atomic mass is 19.4. The summed E-state index contributed by atoms with van der Waals surface area (Å²) < 4.78 is 68.1. The van der Waals surface area contributed by atoms with Gasteiger partial charge >= 0.3 is 12.4 Å². The van der Waals surface area contributed by atoms with Crippen molar-refractivity contribution in [2.45, 2.75) is 52.1 Å². The van der Waals surface area contributed by atoms with E-state index in [1.54, 1.807) is 11.1 Å². The minimum absolute atomic E-state index is 1.04. The predicted octanol–water partition coefficient (Wildman–Crippen LogP) is 4.23. The molecule has 4 heterocycles. The molecule has 7 rings (SSSR count). The molecule has 238 valence electrons. The molecular weight excluding hydrogens is 614 g/mol. The Hall–Kier alpha value is -5.00. The van der Waals surface area contributed by atoms with E-state index in [1.165, 1.54) is 55.2 Å². The van der Waals surface area contributed by atoms with Gasteiger partial charge < -0.3 is 19.8 Å². The average Bonchev–Trinajstić information content (AvgIpc) is 3.02. The molecule has 0 fully saturated rings. The zero-order valence-corrected chi connectivity index (χ0v) is 24.6. The van der Waals surface area contributed by atoms with Crippen LogP contribution in [-0.2, 0) is 35.5 Å². The molecule has 0 saturated heterocycles. The number of hydrogen-bond donors (Lipinski definition) is 0. The van der Waals surface area contributed by atoms with E-state index in [0.717, 1.165) is 25.9 Å². The molecule has 2 aliphatic heterocycles. The van der Waals surface area contributed by atoms with Crippen LogP contribution in [0.2, 0.25) is 0 Å². The normalized spacial score (nSPS) is 13.2. The van der Waals surface area contributed by atoms with Crippen molar-refractivity contribution in [2.24, 2.45) is 0 Å². The average molecular weight is 641 g/mol. The number of carboxylic acid groups (broad SMARTS) is 2. The summed E-state index contributed by atoms with van der Waals surface area (Å²) in [6, 6.07) is 22.3. The van der Waals surface area contributed by atoms with Crippen molar-refractivity contribution in [3.8, 4) is 22.5 Å². The first kappa shape index (κ1) is 32.4. The van der Waals surface area contributed by atoms with Crippen LogP contribution in [0.3, 0.4) is 0 Å². The lowest BCUT2D eigenvalue weighted by Crippen LogP contribution is -2.43. The predicted molar refractivity (Wildman–Crippen MR) is 152 cm³/mol. The van der Waals surface area contributed by atoms with Crippen LogP contribution in [0, 0.1) is 13.8 Å². The molecule has 12 heteroatoms. The van der Waals surface area contributed by atoms with Crippen LogP contribution in [-0.4, -0.2) is 24.3 Å². The highest BCUT2D eigenvalue weighted by Crippen LogP contribution is 2.46. The first-order valence-corrected chi connectivity index (χ1v) is 14.2. The number of benzene rings is 3. The zero-order valence-electron chi connectivity index (χ0n) is 24.6. The molecule has 2 aliphatic rings. The van der Waals surface area contributed by atoms with Crippen LogP contribution >= 0.6 is 0 Å². The molecule has 0 atom stereocenters. The Bertz CT molecular complexity index is 1870. The van der Waals surface area contributed by atoms with Gasteiger partial charge in [0.1, 0.15) is 11.9 Å².